The van der Waals surface area contributed by atoms with Gasteiger partial charge >= 0.3 is 5.97 Å². The molecule has 6 heteroatoms. The molecule has 5 nitrogen and oxygen atoms in total. The molecule has 2 N–H and O–H groups in total. The van der Waals surface area contributed by atoms with Crippen molar-refractivity contribution in [2.45, 2.75) is 19.1 Å². The predicted octanol–water partition coefficient (Wildman–Crippen LogP) is 2.93. The van der Waals surface area contributed by atoms with Gasteiger partial charge in [0.15, 0.2) is 11.8 Å². The molecule has 2 heterocycles. The maximum absolute atomic E-state index is 11.6. The van der Waals surface area contributed by atoms with E-state index in [4.69, 9.17) is 4.74 Å². The molecule has 1 aromatic carbocycles. The van der Waals surface area contributed by atoms with E-state index in [1.807, 2.05) is 54.6 Å². The van der Waals surface area contributed by atoms with E-state index >= 15 is 0 Å². The second kappa shape index (κ2) is 6.50. The third kappa shape index (κ3) is 3.12. The molecular weight excluding hydrogens is 360 g/mol. The number of ether oxygens (including phenoxy) is 1. The van der Waals surface area contributed by atoms with Gasteiger partial charge in [0.25, 0.3) is 0 Å². The number of carboxylic acids is 1. The molecule has 2 aliphatic heterocycles. The van der Waals surface area contributed by atoms with Crippen LogP contribution < -0.4 is 5.32 Å². The van der Waals surface area contributed by atoms with Crippen LogP contribution in [0.15, 0.2) is 64.2 Å². The van der Waals surface area contributed by atoms with Crippen LogP contribution in [0, 0.1) is 0 Å². The van der Waals surface area contributed by atoms with Gasteiger partial charge < -0.3 is 20.1 Å². The highest BCUT2D eigenvalue weighted by molar-refractivity contribution is 9.11. The first kappa shape index (κ1) is 15.7. The molecule has 23 heavy (non-hydrogen) atoms. The fourth-order valence-corrected chi connectivity index (χ4v) is 3.28. The number of allylic oxidation sites excluding steroid dienone is 2. The van der Waals surface area contributed by atoms with Crippen molar-refractivity contribution in [2.75, 3.05) is 7.05 Å². The fraction of sp³-hybridized carbons (Fsp3) is 0.235. The minimum atomic E-state index is -0.973. The van der Waals surface area contributed by atoms with Crippen LogP contribution in [0.25, 0.3) is 0 Å². The normalized spacial score (nSPS) is 20.3. The topological polar surface area (TPSA) is 61.8 Å². The lowest BCUT2D eigenvalue weighted by molar-refractivity contribution is -0.139. The number of aliphatic carboxylic acids is 1. The Balaban J connectivity index is 1.97. The van der Waals surface area contributed by atoms with Crippen molar-refractivity contribution in [1.82, 2.24) is 10.2 Å². The molecule has 0 amide bonds. The van der Waals surface area contributed by atoms with E-state index in [0.717, 1.165) is 23.3 Å². The zero-order valence-corrected chi connectivity index (χ0v) is 14.2. The monoisotopic (exact) mass is 376 g/mol. The van der Waals surface area contributed by atoms with Gasteiger partial charge in [0, 0.05) is 18.8 Å². The standard InChI is InChI=1S/C17H17BrN2O3/c1-20-9-5-8-12-14(20)15(13(17(21)22)19-16(12)18)23-10-11-6-3-2-4-7-11/h2-7,9,13,19H,8,10H2,1H3,(H,21,22). The summed E-state index contributed by atoms with van der Waals surface area (Å²) < 4.78 is 6.63. The van der Waals surface area contributed by atoms with Gasteiger partial charge in [-0.2, -0.15) is 0 Å². The van der Waals surface area contributed by atoms with Crippen molar-refractivity contribution >= 4 is 21.9 Å². The number of carbonyl (C=O) groups is 1. The maximum Gasteiger partial charge on any atom is 0.334 e. The highest BCUT2D eigenvalue weighted by Gasteiger charge is 2.36. The summed E-state index contributed by atoms with van der Waals surface area (Å²) in [4.78, 5) is 13.5. The van der Waals surface area contributed by atoms with E-state index in [9.17, 15) is 9.90 Å². The summed E-state index contributed by atoms with van der Waals surface area (Å²) in [5.41, 5.74) is 2.80. The minimum absolute atomic E-state index is 0.327. The maximum atomic E-state index is 11.6. The van der Waals surface area contributed by atoms with Crippen LogP contribution in [0.2, 0.25) is 0 Å². The summed E-state index contributed by atoms with van der Waals surface area (Å²) in [7, 11) is 1.89. The van der Waals surface area contributed by atoms with Gasteiger partial charge in [0.05, 0.1) is 10.3 Å². The summed E-state index contributed by atoms with van der Waals surface area (Å²) in [5, 5.41) is 12.5. The van der Waals surface area contributed by atoms with Crippen LogP contribution in [0.3, 0.4) is 0 Å². The Morgan fingerprint density at radius 3 is 2.87 bits per heavy atom. The molecule has 1 atom stereocenters. The van der Waals surface area contributed by atoms with Crippen LogP contribution in [-0.4, -0.2) is 29.1 Å². The van der Waals surface area contributed by atoms with Gasteiger partial charge in [0.1, 0.15) is 6.61 Å². The third-order valence-electron chi connectivity index (χ3n) is 3.81. The van der Waals surface area contributed by atoms with Crippen molar-refractivity contribution < 1.29 is 14.6 Å². The molecule has 0 aromatic heterocycles. The van der Waals surface area contributed by atoms with Crippen molar-refractivity contribution in [1.29, 1.82) is 0 Å². The van der Waals surface area contributed by atoms with Crippen LogP contribution in [0.5, 0.6) is 0 Å². The first-order valence-electron chi connectivity index (χ1n) is 7.26. The lowest BCUT2D eigenvalue weighted by Gasteiger charge is -2.35. The predicted molar refractivity (Wildman–Crippen MR) is 90.3 cm³/mol. The summed E-state index contributed by atoms with van der Waals surface area (Å²) in [5.74, 6) is -0.536. The Morgan fingerprint density at radius 1 is 1.43 bits per heavy atom. The summed E-state index contributed by atoms with van der Waals surface area (Å²) >= 11 is 3.44. The van der Waals surface area contributed by atoms with Crippen molar-refractivity contribution in [3.05, 3.63) is 69.8 Å². The molecule has 0 radical (unpaired) electrons. The number of carboxylic acid groups (broad SMARTS) is 1. The first-order valence-corrected chi connectivity index (χ1v) is 8.06. The highest BCUT2D eigenvalue weighted by Crippen LogP contribution is 2.36. The smallest absolute Gasteiger partial charge is 0.334 e. The van der Waals surface area contributed by atoms with Crippen LogP contribution in [0.4, 0.5) is 0 Å². The molecule has 0 fully saturated rings. The van der Waals surface area contributed by atoms with Gasteiger partial charge in [-0.05, 0) is 27.9 Å². The summed E-state index contributed by atoms with van der Waals surface area (Å²) in [6.45, 7) is 0.327. The molecule has 3 rings (SSSR count). The Bertz CT molecular complexity index is 710. The third-order valence-corrected chi connectivity index (χ3v) is 4.51. The minimum Gasteiger partial charge on any atom is -0.488 e. The molecule has 0 saturated carbocycles. The molecule has 0 spiro atoms. The van der Waals surface area contributed by atoms with E-state index in [1.165, 1.54) is 0 Å². The number of halogens is 1. The van der Waals surface area contributed by atoms with Gasteiger partial charge in [-0.25, -0.2) is 4.79 Å². The lowest BCUT2D eigenvalue weighted by Crippen LogP contribution is -2.43. The molecule has 1 aromatic rings. The van der Waals surface area contributed by atoms with E-state index < -0.39 is 12.0 Å². The van der Waals surface area contributed by atoms with Gasteiger partial charge in [-0.3, -0.25) is 0 Å². The number of rotatable bonds is 4. The molecule has 1 unspecified atom stereocenters. The first-order chi connectivity index (χ1) is 11.1. The average molecular weight is 377 g/mol. The fourth-order valence-electron chi connectivity index (χ4n) is 2.71. The number of dihydropyridines is 1. The van der Waals surface area contributed by atoms with Crippen LogP contribution >= 0.6 is 15.9 Å². The SMILES string of the molecule is CN1C=CCC2=C(Br)NC(C(=O)O)C(OCc3ccccc3)=C21. The number of hydrogen-bond donors (Lipinski definition) is 2. The number of nitrogens with one attached hydrogen (secondary N) is 1. The number of benzene rings is 1. The molecular formula is C17H17BrN2O3. The quantitative estimate of drug-likeness (QED) is 0.791. The van der Waals surface area contributed by atoms with E-state index in [1.54, 1.807) is 0 Å². The average Bonchev–Trinajstić information content (AvgIpc) is 2.55. The molecule has 0 saturated heterocycles. The number of likely N-dealkylation sites (N-methyl/N-ethyl adjacent to an activating group) is 1. The molecule has 120 valence electrons. The lowest BCUT2D eigenvalue weighted by atomic mass is 9.99. The van der Waals surface area contributed by atoms with E-state index in [0.29, 0.717) is 17.0 Å². The van der Waals surface area contributed by atoms with Crippen molar-refractivity contribution in [2.24, 2.45) is 0 Å². The van der Waals surface area contributed by atoms with Gasteiger partial charge in [-0.15, -0.1) is 0 Å². The largest absolute Gasteiger partial charge is 0.488 e. The van der Waals surface area contributed by atoms with Crippen molar-refractivity contribution in [3.63, 3.8) is 0 Å². The number of nitrogens with zero attached hydrogens (tertiary/aromatic N) is 1. The van der Waals surface area contributed by atoms with Crippen LogP contribution in [-0.2, 0) is 16.1 Å². The Kier molecular flexibility index (Phi) is 4.43. The van der Waals surface area contributed by atoms with E-state index in [2.05, 4.69) is 21.2 Å². The zero-order chi connectivity index (χ0) is 16.4. The second-order valence-corrected chi connectivity index (χ2v) is 6.19. The van der Waals surface area contributed by atoms with Crippen LogP contribution in [0.1, 0.15) is 12.0 Å². The highest BCUT2D eigenvalue weighted by atomic mass is 79.9. The Hall–Kier alpha value is -2.21. The molecule has 0 aliphatic carbocycles. The number of fused-ring (bicyclic) bond motifs is 1. The summed E-state index contributed by atoms with van der Waals surface area (Å²) in [6.07, 6.45) is 4.67. The van der Waals surface area contributed by atoms with E-state index in [-0.39, 0.29) is 0 Å². The van der Waals surface area contributed by atoms with Crippen molar-refractivity contribution in [3.8, 4) is 0 Å². The Morgan fingerprint density at radius 2 is 2.17 bits per heavy atom. The summed E-state index contributed by atoms with van der Waals surface area (Å²) in [6, 6.07) is 8.79. The number of hydrogen-bond acceptors (Lipinski definition) is 4. The second-order valence-electron chi connectivity index (χ2n) is 5.40. The van der Waals surface area contributed by atoms with Gasteiger partial charge in [-0.1, -0.05) is 36.4 Å². The molecule has 2 aliphatic rings. The molecule has 0 bridgehead atoms. The Labute approximate surface area is 143 Å². The van der Waals surface area contributed by atoms with Gasteiger partial charge in [0.2, 0.25) is 0 Å². The zero-order valence-electron chi connectivity index (χ0n) is 12.6.